The number of rotatable bonds is 9. The van der Waals surface area contributed by atoms with E-state index in [1.807, 2.05) is 18.2 Å². The Morgan fingerprint density at radius 2 is 2.04 bits per heavy atom. The Labute approximate surface area is 139 Å². The maximum absolute atomic E-state index is 10.8. The Hall–Kier alpha value is -1.55. The lowest BCUT2D eigenvalue weighted by Gasteiger charge is -2.25. The first-order valence-corrected chi connectivity index (χ1v) is 8.87. The van der Waals surface area contributed by atoms with Crippen molar-refractivity contribution in [3.05, 3.63) is 29.8 Å². The lowest BCUT2D eigenvalue weighted by Crippen LogP contribution is -2.28. The summed E-state index contributed by atoms with van der Waals surface area (Å²) >= 11 is 0. The Balaban J connectivity index is 1.78. The average molecular weight is 318 g/mol. The number of carbonyl (C=O) groups excluding carboxylic acids is 1. The summed E-state index contributed by atoms with van der Waals surface area (Å²) in [7, 11) is 0. The monoisotopic (exact) mass is 318 g/mol. The van der Waals surface area contributed by atoms with Gasteiger partial charge in [-0.2, -0.15) is 0 Å². The van der Waals surface area contributed by atoms with E-state index in [0.717, 1.165) is 23.8 Å². The molecule has 2 rings (SSSR count). The highest BCUT2D eigenvalue weighted by atomic mass is 16.5. The van der Waals surface area contributed by atoms with Crippen LogP contribution in [0.3, 0.4) is 0 Å². The largest absolute Gasteiger partial charge is 0.493 e. The van der Waals surface area contributed by atoms with Crippen LogP contribution in [-0.4, -0.2) is 18.6 Å². The van der Waals surface area contributed by atoms with Crippen LogP contribution in [0.15, 0.2) is 24.3 Å². The van der Waals surface area contributed by atoms with Crippen LogP contribution in [0.1, 0.15) is 57.4 Å². The smallest absolute Gasteiger partial charge is 0.220 e. The molecule has 1 aromatic carbocycles. The summed E-state index contributed by atoms with van der Waals surface area (Å²) < 4.78 is 5.69. The van der Waals surface area contributed by atoms with Gasteiger partial charge in [0.05, 0.1) is 13.0 Å². The third-order valence-electron chi connectivity index (χ3n) is 4.63. The van der Waals surface area contributed by atoms with Gasteiger partial charge >= 0.3 is 0 Å². The first kappa shape index (κ1) is 17.8. The second kappa shape index (κ2) is 9.56. The number of benzene rings is 1. The highest BCUT2D eigenvalue weighted by Crippen LogP contribution is 2.27. The van der Waals surface area contributed by atoms with Crippen molar-refractivity contribution in [3.63, 3.8) is 0 Å². The zero-order valence-electron chi connectivity index (χ0n) is 14.2. The third kappa shape index (κ3) is 6.61. The molecule has 0 spiro atoms. The summed E-state index contributed by atoms with van der Waals surface area (Å²) in [6.45, 7) is 3.40. The van der Waals surface area contributed by atoms with Crippen molar-refractivity contribution in [2.24, 2.45) is 11.7 Å². The van der Waals surface area contributed by atoms with Gasteiger partial charge in [-0.15, -0.1) is 0 Å². The molecule has 0 bridgehead atoms. The van der Waals surface area contributed by atoms with Gasteiger partial charge in [-0.1, -0.05) is 50.3 Å². The summed E-state index contributed by atoms with van der Waals surface area (Å²) in [6, 6.07) is 8.50. The molecule has 3 N–H and O–H groups in total. The number of hydrogen-bond acceptors (Lipinski definition) is 3. The Morgan fingerprint density at radius 3 is 2.78 bits per heavy atom. The first-order chi connectivity index (χ1) is 11.1. The van der Waals surface area contributed by atoms with Gasteiger partial charge in [-0.05, 0) is 25.3 Å². The van der Waals surface area contributed by atoms with Crippen molar-refractivity contribution in [1.82, 2.24) is 5.32 Å². The van der Waals surface area contributed by atoms with Crippen molar-refractivity contribution < 1.29 is 9.53 Å². The average Bonchev–Trinajstić information content (AvgIpc) is 2.54. The van der Waals surface area contributed by atoms with Crippen LogP contribution >= 0.6 is 0 Å². The van der Waals surface area contributed by atoms with Gasteiger partial charge < -0.3 is 15.8 Å². The number of amides is 1. The number of carbonyl (C=O) groups is 1. The Morgan fingerprint density at radius 1 is 1.30 bits per heavy atom. The number of nitrogens with one attached hydrogen (secondary N) is 1. The normalized spacial score (nSPS) is 16.9. The lowest BCUT2D eigenvalue weighted by molar-refractivity contribution is -0.118. The molecule has 0 radical (unpaired) electrons. The molecule has 1 atom stereocenters. The predicted octanol–water partition coefficient (Wildman–Crippen LogP) is 3.39. The molecular weight excluding hydrogens is 288 g/mol. The van der Waals surface area contributed by atoms with Gasteiger partial charge in [0, 0.05) is 18.2 Å². The van der Waals surface area contributed by atoms with Crippen molar-refractivity contribution >= 4 is 5.91 Å². The van der Waals surface area contributed by atoms with E-state index in [9.17, 15) is 4.79 Å². The SMILES string of the molecule is CC(CC1CCCCC1)NCc1ccccc1OCCC(N)=O. The fraction of sp³-hybridized carbons (Fsp3) is 0.632. The van der Waals surface area contributed by atoms with Crippen LogP contribution < -0.4 is 15.8 Å². The van der Waals surface area contributed by atoms with Gasteiger partial charge in [0.2, 0.25) is 5.91 Å². The first-order valence-electron chi connectivity index (χ1n) is 8.87. The van der Waals surface area contributed by atoms with Crippen molar-refractivity contribution in [1.29, 1.82) is 0 Å². The molecule has 0 aliphatic heterocycles. The van der Waals surface area contributed by atoms with E-state index in [4.69, 9.17) is 10.5 Å². The summed E-state index contributed by atoms with van der Waals surface area (Å²) in [5.74, 6) is 1.39. The minimum Gasteiger partial charge on any atom is -0.493 e. The van der Waals surface area contributed by atoms with Gasteiger partial charge in [-0.3, -0.25) is 4.79 Å². The molecule has 1 fully saturated rings. The van der Waals surface area contributed by atoms with Crippen LogP contribution in [0.2, 0.25) is 0 Å². The zero-order chi connectivity index (χ0) is 16.5. The molecular formula is C19H30N2O2. The standard InChI is InChI=1S/C19H30N2O2/c1-15(13-16-7-3-2-4-8-16)21-14-17-9-5-6-10-18(17)23-12-11-19(20)22/h5-6,9-10,15-16,21H,2-4,7-8,11-14H2,1H3,(H2,20,22). The molecule has 1 saturated carbocycles. The summed E-state index contributed by atoms with van der Waals surface area (Å²) in [4.78, 5) is 10.8. The molecule has 0 heterocycles. The Kier molecular flexibility index (Phi) is 7.40. The summed E-state index contributed by atoms with van der Waals surface area (Å²) in [5, 5.41) is 3.61. The molecule has 4 nitrogen and oxygen atoms in total. The number of ether oxygens (including phenoxy) is 1. The summed E-state index contributed by atoms with van der Waals surface area (Å²) in [6.07, 6.45) is 8.48. The molecule has 128 valence electrons. The van der Waals surface area contributed by atoms with E-state index >= 15 is 0 Å². The van der Waals surface area contributed by atoms with Crippen LogP contribution in [0.25, 0.3) is 0 Å². The fourth-order valence-corrected chi connectivity index (χ4v) is 3.34. The van der Waals surface area contributed by atoms with Crippen LogP contribution in [-0.2, 0) is 11.3 Å². The number of para-hydroxylation sites is 1. The number of primary amides is 1. The number of nitrogens with two attached hydrogens (primary N) is 1. The van der Waals surface area contributed by atoms with E-state index in [1.54, 1.807) is 0 Å². The zero-order valence-corrected chi connectivity index (χ0v) is 14.2. The lowest BCUT2D eigenvalue weighted by atomic mass is 9.85. The summed E-state index contributed by atoms with van der Waals surface area (Å²) in [5.41, 5.74) is 6.28. The molecule has 1 amide bonds. The minimum atomic E-state index is -0.332. The van der Waals surface area contributed by atoms with Crippen molar-refractivity contribution in [2.75, 3.05) is 6.61 Å². The van der Waals surface area contributed by atoms with Crippen LogP contribution in [0.5, 0.6) is 5.75 Å². The van der Waals surface area contributed by atoms with Crippen molar-refractivity contribution in [2.45, 2.75) is 64.5 Å². The molecule has 23 heavy (non-hydrogen) atoms. The van der Waals surface area contributed by atoms with Crippen LogP contribution in [0, 0.1) is 5.92 Å². The highest BCUT2D eigenvalue weighted by Gasteiger charge is 2.16. The van der Waals surface area contributed by atoms with E-state index in [2.05, 4.69) is 18.3 Å². The van der Waals surface area contributed by atoms with E-state index in [-0.39, 0.29) is 12.3 Å². The highest BCUT2D eigenvalue weighted by molar-refractivity contribution is 5.73. The molecule has 4 heteroatoms. The minimum absolute atomic E-state index is 0.250. The molecule has 1 aromatic rings. The molecule has 1 aliphatic rings. The Bertz CT molecular complexity index is 484. The fourth-order valence-electron chi connectivity index (χ4n) is 3.34. The van der Waals surface area contributed by atoms with Crippen molar-refractivity contribution in [3.8, 4) is 5.75 Å². The van der Waals surface area contributed by atoms with E-state index < -0.39 is 0 Å². The van der Waals surface area contributed by atoms with Gasteiger partial charge in [0.15, 0.2) is 0 Å². The van der Waals surface area contributed by atoms with E-state index in [1.165, 1.54) is 38.5 Å². The maximum Gasteiger partial charge on any atom is 0.220 e. The quantitative estimate of drug-likeness (QED) is 0.733. The number of hydrogen-bond donors (Lipinski definition) is 2. The second-order valence-electron chi connectivity index (χ2n) is 6.69. The maximum atomic E-state index is 10.8. The van der Waals surface area contributed by atoms with Gasteiger partial charge in [0.1, 0.15) is 5.75 Å². The molecule has 0 saturated heterocycles. The third-order valence-corrected chi connectivity index (χ3v) is 4.63. The second-order valence-corrected chi connectivity index (χ2v) is 6.69. The van der Waals surface area contributed by atoms with Gasteiger partial charge in [-0.25, -0.2) is 0 Å². The van der Waals surface area contributed by atoms with Crippen LogP contribution in [0.4, 0.5) is 0 Å². The molecule has 1 aliphatic carbocycles. The topological polar surface area (TPSA) is 64.3 Å². The molecule has 1 unspecified atom stereocenters. The molecule has 0 aromatic heterocycles. The van der Waals surface area contributed by atoms with Gasteiger partial charge in [0.25, 0.3) is 0 Å². The van der Waals surface area contributed by atoms with E-state index in [0.29, 0.717) is 12.6 Å². The predicted molar refractivity (Wildman–Crippen MR) is 93.2 cm³/mol.